The smallest absolute Gasteiger partial charge is 0.333 e. The van der Waals surface area contributed by atoms with Gasteiger partial charge in [-0.1, -0.05) is 0 Å². The summed E-state index contributed by atoms with van der Waals surface area (Å²) in [5.74, 6) is -0.950. The Hall–Kier alpha value is -2.15. The van der Waals surface area contributed by atoms with Crippen LogP contribution in [0.2, 0.25) is 0 Å². The number of rotatable bonds is 6. The molecule has 6 nitrogen and oxygen atoms in total. The summed E-state index contributed by atoms with van der Waals surface area (Å²) < 4.78 is 18.0. The van der Waals surface area contributed by atoms with Crippen LogP contribution in [0.25, 0.3) is 0 Å². The number of hydrazine groups is 1. The van der Waals surface area contributed by atoms with Crippen molar-refractivity contribution in [2.45, 2.75) is 26.4 Å². The largest absolute Gasteiger partial charge is 0.379 e. The Morgan fingerprint density at radius 3 is 2.48 bits per heavy atom. The van der Waals surface area contributed by atoms with Crippen LogP contribution in [0.15, 0.2) is 24.3 Å². The maximum absolute atomic E-state index is 12.7. The van der Waals surface area contributed by atoms with Crippen LogP contribution in [0, 0.1) is 5.82 Å². The number of carbonyl (C=O) groups is 2. The fourth-order valence-corrected chi connectivity index (χ4v) is 1.42. The number of nitrogens with one attached hydrogen (secondary N) is 3. The van der Waals surface area contributed by atoms with Gasteiger partial charge in [-0.3, -0.25) is 10.2 Å². The molecule has 3 amide bonds. The molecule has 0 fully saturated rings. The third-order valence-electron chi connectivity index (χ3n) is 2.45. The first-order valence-electron chi connectivity index (χ1n) is 6.70. The second kappa shape index (κ2) is 8.91. The van der Waals surface area contributed by atoms with E-state index in [0.29, 0.717) is 19.6 Å². The summed E-state index contributed by atoms with van der Waals surface area (Å²) in [5.41, 5.74) is 4.69. The standard InChI is InChI=1S/C14H20FN3O3/c1-10(2)21-9-3-8-16-14(20)18-17-13(19)11-4-6-12(15)7-5-11/h4-7,10H,3,8-9H2,1-2H3,(H,17,19)(H2,16,18,20). The molecule has 7 heteroatoms. The van der Waals surface area contributed by atoms with Crippen molar-refractivity contribution in [2.24, 2.45) is 0 Å². The van der Waals surface area contributed by atoms with Crippen molar-refractivity contribution < 1.29 is 18.7 Å². The van der Waals surface area contributed by atoms with E-state index < -0.39 is 17.8 Å². The summed E-state index contributed by atoms with van der Waals surface area (Å²) in [4.78, 5) is 23.0. The minimum atomic E-state index is -0.520. The molecule has 0 aliphatic heterocycles. The van der Waals surface area contributed by atoms with Crippen LogP contribution in [-0.2, 0) is 4.74 Å². The molecule has 1 aromatic rings. The minimum absolute atomic E-state index is 0.161. The quantitative estimate of drug-likeness (QED) is 0.551. The van der Waals surface area contributed by atoms with Gasteiger partial charge < -0.3 is 10.1 Å². The molecular weight excluding hydrogens is 277 g/mol. The molecule has 1 aromatic carbocycles. The molecule has 1 rings (SSSR count). The fraction of sp³-hybridized carbons (Fsp3) is 0.429. The van der Waals surface area contributed by atoms with E-state index in [-0.39, 0.29) is 11.7 Å². The number of amides is 3. The molecule has 0 atom stereocenters. The van der Waals surface area contributed by atoms with Crippen LogP contribution in [-0.4, -0.2) is 31.2 Å². The molecular formula is C14H20FN3O3. The third-order valence-corrected chi connectivity index (χ3v) is 2.45. The molecule has 116 valence electrons. The first-order valence-corrected chi connectivity index (χ1v) is 6.70. The lowest BCUT2D eigenvalue weighted by atomic mass is 10.2. The highest BCUT2D eigenvalue weighted by Crippen LogP contribution is 2.01. The summed E-state index contributed by atoms with van der Waals surface area (Å²) in [6.07, 6.45) is 0.839. The maximum Gasteiger partial charge on any atom is 0.333 e. The van der Waals surface area contributed by atoms with Crippen molar-refractivity contribution >= 4 is 11.9 Å². The van der Waals surface area contributed by atoms with E-state index in [4.69, 9.17) is 4.74 Å². The SMILES string of the molecule is CC(C)OCCCNC(=O)NNC(=O)c1ccc(F)cc1. The lowest BCUT2D eigenvalue weighted by Gasteiger charge is -2.10. The average Bonchev–Trinajstić information content (AvgIpc) is 2.44. The van der Waals surface area contributed by atoms with E-state index in [9.17, 15) is 14.0 Å². The van der Waals surface area contributed by atoms with Crippen LogP contribution in [0.5, 0.6) is 0 Å². The van der Waals surface area contributed by atoms with Crippen LogP contribution < -0.4 is 16.2 Å². The lowest BCUT2D eigenvalue weighted by Crippen LogP contribution is -2.47. The molecule has 0 aliphatic rings. The van der Waals surface area contributed by atoms with Gasteiger partial charge in [0.05, 0.1) is 6.10 Å². The second-order valence-corrected chi connectivity index (χ2v) is 4.62. The summed E-state index contributed by atoms with van der Waals surface area (Å²) in [7, 11) is 0. The van der Waals surface area contributed by atoms with Gasteiger partial charge in [0.2, 0.25) is 0 Å². The number of halogens is 1. The molecule has 0 radical (unpaired) electrons. The Labute approximate surface area is 123 Å². The van der Waals surface area contributed by atoms with Crippen molar-refractivity contribution in [2.75, 3.05) is 13.2 Å². The number of carbonyl (C=O) groups excluding carboxylic acids is 2. The Kier molecular flexibility index (Phi) is 7.17. The zero-order chi connectivity index (χ0) is 15.7. The fourth-order valence-electron chi connectivity index (χ4n) is 1.42. The summed E-state index contributed by atoms with van der Waals surface area (Å²) >= 11 is 0. The molecule has 0 aromatic heterocycles. The predicted octanol–water partition coefficient (Wildman–Crippen LogP) is 1.58. The zero-order valence-electron chi connectivity index (χ0n) is 12.1. The van der Waals surface area contributed by atoms with Gasteiger partial charge in [-0.05, 0) is 44.5 Å². The average molecular weight is 297 g/mol. The van der Waals surface area contributed by atoms with Gasteiger partial charge >= 0.3 is 6.03 Å². The molecule has 0 saturated carbocycles. The van der Waals surface area contributed by atoms with Gasteiger partial charge in [0.15, 0.2) is 0 Å². The Balaban J connectivity index is 2.17. The highest BCUT2D eigenvalue weighted by Gasteiger charge is 2.06. The predicted molar refractivity (Wildman–Crippen MR) is 76.1 cm³/mol. The maximum atomic E-state index is 12.7. The normalized spacial score (nSPS) is 10.3. The topological polar surface area (TPSA) is 79.5 Å². The Morgan fingerprint density at radius 2 is 1.86 bits per heavy atom. The van der Waals surface area contributed by atoms with Crippen LogP contribution >= 0.6 is 0 Å². The molecule has 3 N–H and O–H groups in total. The van der Waals surface area contributed by atoms with Crippen molar-refractivity contribution in [3.05, 3.63) is 35.6 Å². The van der Waals surface area contributed by atoms with E-state index in [1.54, 1.807) is 0 Å². The van der Waals surface area contributed by atoms with E-state index >= 15 is 0 Å². The van der Waals surface area contributed by atoms with E-state index in [0.717, 1.165) is 0 Å². The zero-order valence-corrected chi connectivity index (χ0v) is 12.1. The summed E-state index contributed by atoms with van der Waals surface area (Å²) in [6, 6.07) is 4.48. The van der Waals surface area contributed by atoms with Gasteiger partial charge in [-0.25, -0.2) is 14.6 Å². The van der Waals surface area contributed by atoms with Crippen LogP contribution in [0.4, 0.5) is 9.18 Å². The first kappa shape index (κ1) is 16.9. The Morgan fingerprint density at radius 1 is 1.19 bits per heavy atom. The number of hydrogen-bond donors (Lipinski definition) is 3. The Bertz CT molecular complexity index is 463. The molecule has 0 saturated heterocycles. The second-order valence-electron chi connectivity index (χ2n) is 4.62. The van der Waals surface area contributed by atoms with Crippen molar-refractivity contribution in [1.82, 2.24) is 16.2 Å². The summed E-state index contributed by atoms with van der Waals surface area (Å²) in [6.45, 7) is 4.86. The third kappa shape index (κ3) is 7.26. The number of hydrogen-bond acceptors (Lipinski definition) is 3. The van der Waals surface area contributed by atoms with Crippen LogP contribution in [0.1, 0.15) is 30.6 Å². The van der Waals surface area contributed by atoms with Gasteiger partial charge in [0.25, 0.3) is 5.91 Å². The first-order chi connectivity index (χ1) is 9.99. The number of benzene rings is 1. The van der Waals surface area contributed by atoms with E-state index in [1.807, 2.05) is 13.8 Å². The van der Waals surface area contributed by atoms with E-state index in [1.165, 1.54) is 24.3 Å². The van der Waals surface area contributed by atoms with Gasteiger partial charge in [0.1, 0.15) is 5.82 Å². The van der Waals surface area contributed by atoms with E-state index in [2.05, 4.69) is 16.2 Å². The van der Waals surface area contributed by atoms with Crippen molar-refractivity contribution in [1.29, 1.82) is 0 Å². The summed E-state index contributed by atoms with van der Waals surface area (Å²) in [5, 5.41) is 2.57. The molecule has 0 aliphatic carbocycles. The van der Waals surface area contributed by atoms with Crippen molar-refractivity contribution in [3.63, 3.8) is 0 Å². The van der Waals surface area contributed by atoms with Crippen molar-refractivity contribution in [3.8, 4) is 0 Å². The van der Waals surface area contributed by atoms with Crippen LogP contribution in [0.3, 0.4) is 0 Å². The van der Waals surface area contributed by atoms with Gasteiger partial charge in [-0.15, -0.1) is 0 Å². The monoisotopic (exact) mass is 297 g/mol. The minimum Gasteiger partial charge on any atom is -0.379 e. The molecule has 0 unspecified atom stereocenters. The molecule has 21 heavy (non-hydrogen) atoms. The lowest BCUT2D eigenvalue weighted by molar-refractivity contribution is 0.0773. The van der Waals surface area contributed by atoms with Gasteiger partial charge in [0, 0.05) is 18.7 Å². The van der Waals surface area contributed by atoms with Gasteiger partial charge in [-0.2, -0.15) is 0 Å². The number of ether oxygens (including phenoxy) is 1. The molecule has 0 spiro atoms. The highest BCUT2D eigenvalue weighted by atomic mass is 19.1. The number of urea groups is 1. The molecule has 0 heterocycles. The molecule has 0 bridgehead atoms. The highest BCUT2D eigenvalue weighted by molar-refractivity contribution is 5.95.